The molecule has 0 saturated heterocycles. The fourth-order valence-electron chi connectivity index (χ4n) is 5.09. The van der Waals surface area contributed by atoms with Crippen LogP contribution < -0.4 is 10.5 Å². The summed E-state index contributed by atoms with van der Waals surface area (Å²) >= 11 is 0. The number of rotatable bonds is 6. The van der Waals surface area contributed by atoms with E-state index in [0.717, 1.165) is 33.5 Å². The van der Waals surface area contributed by atoms with Crippen LogP contribution in [0.4, 0.5) is 15.8 Å². The van der Waals surface area contributed by atoms with Crippen LogP contribution in [-0.2, 0) is 27.4 Å². The second kappa shape index (κ2) is 8.66. The molecule has 0 radical (unpaired) electrons. The minimum atomic E-state index is -3.25. The normalized spacial score (nSPS) is 15.3. The van der Waals surface area contributed by atoms with Crippen LogP contribution in [0, 0.1) is 5.82 Å². The first-order chi connectivity index (χ1) is 16.7. The highest BCUT2D eigenvalue weighted by atomic mass is 32.2. The Morgan fingerprint density at radius 3 is 2.54 bits per heavy atom. The average molecular weight is 496 g/mol. The summed E-state index contributed by atoms with van der Waals surface area (Å²) < 4.78 is 45.2. The number of pyridine rings is 1. The molecule has 0 amide bonds. The van der Waals surface area contributed by atoms with Crippen molar-refractivity contribution in [2.75, 3.05) is 24.9 Å². The van der Waals surface area contributed by atoms with E-state index < -0.39 is 9.84 Å². The maximum absolute atomic E-state index is 13.8. The molecule has 182 valence electrons. The standard InChI is InChI=1S/C26H26FN3O4S/c1-29-14-21-19-12-16(15-35(3,32)33)4-9-22(19)30(18-7-5-17(27)6-8-18)23(10-11-34-2)20-13-28-26(31)25(29)24(20)21/h4-9,12-14,23H,10-11,15H2,1-3H3,(H,28,31). The summed E-state index contributed by atoms with van der Waals surface area (Å²) in [5, 5.41) is 0.819. The van der Waals surface area contributed by atoms with Crippen molar-refractivity contribution < 1.29 is 17.5 Å². The number of ether oxygens (including phenoxy) is 1. The quantitative estimate of drug-likeness (QED) is 0.427. The number of methoxy groups -OCH3 is 1. The molecular weight excluding hydrogens is 469 g/mol. The Labute approximate surface area is 202 Å². The third-order valence-electron chi connectivity index (χ3n) is 6.45. The first-order valence-electron chi connectivity index (χ1n) is 11.2. The first kappa shape index (κ1) is 23.3. The van der Waals surface area contributed by atoms with Gasteiger partial charge in [0.25, 0.3) is 5.56 Å². The topological polar surface area (TPSA) is 84.4 Å². The lowest BCUT2D eigenvalue weighted by Crippen LogP contribution is -2.26. The van der Waals surface area contributed by atoms with Crippen LogP contribution in [0.3, 0.4) is 0 Å². The van der Waals surface area contributed by atoms with Gasteiger partial charge in [0, 0.05) is 72.9 Å². The highest BCUT2D eigenvalue weighted by molar-refractivity contribution is 7.89. The van der Waals surface area contributed by atoms with Gasteiger partial charge in [-0.05, 0) is 48.4 Å². The second-order valence-corrected chi connectivity index (χ2v) is 11.2. The Balaban J connectivity index is 1.87. The van der Waals surface area contributed by atoms with Crippen molar-refractivity contribution in [1.29, 1.82) is 0 Å². The van der Waals surface area contributed by atoms with Gasteiger partial charge in [-0.2, -0.15) is 0 Å². The van der Waals surface area contributed by atoms with Gasteiger partial charge in [0.1, 0.15) is 11.3 Å². The van der Waals surface area contributed by atoms with Crippen molar-refractivity contribution >= 4 is 32.1 Å². The van der Waals surface area contributed by atoms with Gasteiger partial charge in [-0.25, -0.2) is 12.8 Å². The number of halogens is 1. The second-order valence-electron chi connectivity index (χ2n) is 9.02. The molecule has 0 saturated carbocycles. The van der Waals surface area contributed by atoms with E-state index in [0.29, 0.717) is 24.1 Å². The lowest BCUT2D eigenvalue weighted by molar-refractivity contribution is 0.188. The Bertz CT molecular complexity index is 1590. The van der Waals surface area contributed by atoms with E-state index >= 15 is 0 Å². The average Bonchev–Trinajstić information content (AvgIpc) is 3.10. The monoisotopic (exact) mass is 495 g/mol. The number of benzene rings is 2. The van der Waals surface area contributed by atoms with Crippen molar-refractivity contribution in [1.82, 2.24) is 9.55 Å². The highest BCUT2D eigenvalue weighted by Crippen LogP contribution is 2.49. The van der Waals surface area contributed by atoms with E-state index in [1.165, 1.54) is 18.4 Å². The Hall–Kier alpha value is -3.43. The summed E-state index contributed by atoms with van der Waals surface area (Å²) in [5.74, 6) is -0.432. The van der Waals surface area contributed by atoms with E-state index in [1.54, 1.807) is 30.0 Å². The zero-order chi connectivity index (χ0) is 24.9. The van der Waals surface area contributed by atoms with Crippen LogP contribution in [0.15, 0.2) is 59.7 Å². The van der Waals surface area contributed by atoms with Gasteiger partial charge in [-0.1, -0.05) is 6.07 Å². The zero-order valence-corrected chi connectivity index (χ0v) is 20.5. The molecule has 5 rings (SSSR count). The molecule has 1 N–H and O–H groups in total. The predicted octanol–water partition coefficient (Wildman–Crippen LogP) is 4.45. The molecule has 35 heavy (non-hydrogen) atoms. The molecule has 4 aromatic rings. The van der Waals surface area contributed by atoms with Crippen LogP contribution in [0.2, 0.25) is 0 Å². The van der Waals surface area contributed by atoms with Crippen LogP contribution in [0.1, 0.15) is 23.6 Å². The number of aryl methyl sites for hydroxylation is 1. The number of aromatic amines is 1. The third-order valence-corrected chi connectivity index (χ3v) is 7.31. The van der Waals surface area contributed by atoms with Crippen molar-refractivity contribution in [3.8, 4) is 11.1 Å². The van der Waals surface area contributed by atoms with E-state index in [1.807, 2.05) is 31.4 Å². The number of nitrogens with zero attached hydrogens (tertiary/aromatic N) is 2. The van der Waals surface area contributed by atoms with E-state index in [4.69, 9.17) is 4.74 Å². The van der Waals surface area contributed by atoms with Crippen molar-refractivity contribution in [3.63, 3.8) is 0 Å². The number of hydrogen-bond acceptors (Lipinski definition) is 5. The lowest BCUT2D eigenvalue weighted by atomic mass is 9.98. The Morgan fingerprint density at radius 1 is 1.11 bits per heavy atom. The molecule has 1 aliphatic heterocycles. The van der Waals surface area contributed by atoms with Crippen molar-refractivity contribution in [3.05, 3.63) is 82.2 Å². The van der Waals surface area contributed by atoms with Gasteiger partial charge in [0.05, 0.1) is 11.8 Å². The highest BCUT2D eigenvalue weighted by Gasteiger charge is 2.33. The molecule has 0 bridgehead atoms. The van der Waals surface area contributed by atoms with Gasteiger partial charge in [-0.3, -0.25) is 4.79 Å². The summed E-state index contributed by atoms with van der Waals surface area (Å²) in [5.41, 5.74) is 5.19. The third kappa shape index (κ3) is 4.15. The van der Waals surface area contributed by atoms with E-state index in [2.05, 4.69) is 9.88 Å². The minimum absolute atomic E-state index is 0.0951. The van der Waals surface area contributed by atoms with Gasteiger partial charge in [0.15, 0.2) is 9.84 Å². The summed E-state index contributed by atoms with van der Waals surface area (Å²) in [6, 6.07) is 11.6. The summed E-state index contributed by atoms with van der Waals surface area (Å²) in [7, 11) is 0.215. The molecule has 0 spiro atoms. The van der Waals surface area contributed by atoms with Crippen LogP contribution in [0.25, 0.3) is 22.0 Å². The molecule has 1 unspecified atom stereocenters. The van der Waals surface area contributed by atoms with Gasteiger partial charge in [0.2, 0.25) is 0 Å². The Kier molecular flexibility index (Phi) is 5.77. The molecular formula is C26H26FN3O4S. The maximum Gasteiger partial charge on any atom is 0.272 e. The van der Waals surface area contributed by atoms with Crippen molar-refractivity contribution in [2.45, 2.75) is 18.2 Å². The molecule has 2 aromatic carbocycles. The fourth-order valence-corrected chi connectivity index (χ4v) is 5.87. The molecule has 1 aliphatic rings. The summed E-state index contributed by atoms with van der Waals surface area (Å²) in [6.45, 7) is 0.465. The number of nitrogens with one attached hydrogen (secondary N) is 1. The number of fused-ring (bicyclic) bond motifs is 2. The number of hydrogen-bond donors (Lipinski definition) is 1. The fraction of sp³-hybridized carbons (Fsp3) is 0.269. The molecule has 9 heteroatoms. The Morgan fingerprint density at radius 2 is 1.86 bits per heavy atom. The van der Waals surface area contributed by atoms with Crippen molar-refractivity contribution in [2.24, 2.45) is 7.05 Å². The van der Waals surface area contributed by atoms with Crippen LogP contribution in [0.5, 0.6) is 0 Å². The molecule has 0 fully saturated rings. The number of sulfone groups is 1. The zero-order valence-electron chi connectivity index (χ0n) is 19.7. The van der Waals surface area contributed by atoms with E-state index in [9.17, 15) is 17.6 Å². The number of aromatic nitrogens is 2. The SMILES string of the molecule is COCCC1c2c[nH]c(=O)c3c2c(cn3C)-c2cc(CS(C)(=O)=O)ccc2N1c1ccc(F)cc1. The predicted molar refractivity (Wildman–Crippen MR) is 135 cm³/mol. The van der Waals surface area contributed by atoms with Crippen LogP contribution >= 0.6 is 0 Å². The van der Waals surface area contributed by atoms with Gasteiger partial charge in [-0.15, -0.1) is 0 Å². The van der Waals surface area contributed by atoms with Gasteiger partial charge < -0.3 is 19.2 Å². The molecule has 0 aliphatic carbocycles. The van der Waals surface area contributed by atoms with Crippen LogP contribution in [-0.4, -0.2) is 37.9 Å². The largest absolute Gasteiger partial charge is 0.385 e. The molecule has 1 atom stereocenters. The molecule has 7 nitrogen and oxygen atoms in total. The smallest absolute Gasteiger partial charge is 0.272 e. The molecule has 2 aromatic heterocycles. The lowest BCUT2D eigenvalue weighted by Gasteiger charge is -2.34. The van der Waals surface area contributed by atoms with E-state index in [-0.39, 0.29) is 23.2 Å². The minimum Gasteiger partial charge on any atom is -0.385 e. The van der Waals surface area contributed by atoms with Gasteiger partial charge >= 0.3 is 0 Å². The maximum atomic E-state index is 13.8. The molecule has 3 heterocycles. The summed E-state index contributed by atoms with van der Waals surface area (Å²) in [4.78, 5) is 17.9. The number of anilines is 2. The number of H-pyrrole nitrogens is 1. The first-order valence-corrected chi connectivity index (χ1v) is 13.3. The summed E-state index contributed by atoms with van der Waals surface area (Å²) in [6.07, 6.45) is 5.47.